The van der Waals surface area contributed by atoms with Crippen LogP contribution in [0.5, 0.6) is 0 Å². The van der Waals surface area contributed by atoms with Gasteiger partial charge in [0.05, 0.1) is 5.92 Å². The van der Waals surface area contributed by atoms with Crippen LogP contribution in [0.15, 0.2) is 0 Å². The summed E-state index contributed by atoms with van der Waals surface area (Å²) in [6.45, 7) is 0.631. The summed E-state index contributed by atoms with van der Waals surface area (Å²) in [4.78, 5) is 23.4. The zero-order chi connectivity index (χ0) is 10.7. The molecule has 1 atom stereocenters. The fraction of sp³-hybridized carbons (Fsp3) is 0.750. The van der Waals surface area contributed by atoms with Crippen LogP contribution in [0.2, 0.25) is 0 Å². The molecular weight excluding hydrogens is 188 g/mol. The summed E-state index contributed by atoms with van der Waals surface area (Å²) in [6, 6.07) is 0. The van der Waals surface area contributed by atoms with E-state index in [1.165, 1.54) is 12.0 Å². The Balaban J connectivity index is 2.39. The molecule has 1 amide bonds. The number of methoxy groups -OCH3 is 1. The number of amides is 1. The number of ether oxygens (including phenoxy) is 1. The Bertz CT molecular complexity index is 233. The monoisotopic (exact) mass is 202 g/mol. The van der Waals surface area contributed by atoms with E-state index in [-0.39, 0.29) is 25.5 Å². The van der Waals surface area contributed by atoms with Crippen molar-refractivity contribution in [3.63, 3.8) is 0 Å². The van der Waals surface area contributed by atoms with Crippen molar-refractivity contribution >= 4 is 11.9 Å². The van der Waals surface area contributed by atoms with E-state index in [1.54, 1.807) is 0 Å². The molecule has 1 aliphatic rings. The van der Waals surface area contributed by atoms with Gasteiger partial charge in [0.25, 0.3) is 5.91 Å². The molecule has 1 unspecified atom stereocenters. The number of carbonyl (C=O) groups excluding carboxylic acids is 1. The standard InChI is InChI=1S/C8H14N2O4/c1-14-6(2-9)7(11)10-3-5(4-10)8(12)13/h5-6H,2-4,9H2,1H3,(H,12,13). The molecule has 1 fully saturated rings. The third-order valence-electron chi connectivity index (χ3n) is 2.32. The second-order valence-electron chi connectivity index (χ2n) is 3.24. The summed E-state index contributed by atoms with van der Waals surface area (Å²) in [5.41, 5.74) is 5.31. The molecule has 1 rings (SSSR count). The molecule has 1 heterocycles. The summed E-state index contributed by atoms with van der Waals surface area (Å²) >= 11 is 0. The molecule has 0 aromatic heterocycles. The highest BCUT2D eigenvalue weighted by atomic mass is 16.5. The van der Waals surface area contributed by atoms with Crippen molar-refractivity contribution < 1.29 is 19.4 Å². The van der Waals surface area contributed by atoms with Crippen molar-refractivity contribution in [1.82, 2.24) is 4.90 Å². The molecule has 0 aromatic carbocycles. The lowest BCUT2D eigenvalue weighted by Gasteiger charge is -2.38. The summed E-state index contributed by atoms with van der Waals surface area (Å²) < 4.78 is 4.85. The van der Waals surface area contributed by atoms with E-state index >= 15 is 0 Å². The number of aliphatic carboxylic acids is 1. The van der Waals surface area contributed by atoms with Gasteiger partial charge in [0.15, 0.2) is 0 Å². The normalized spacial score (nSPS) is 18.9. The van der Waals surface area contributed by atoms with E-state index in [4.69, 9.17) is 15.6 Å². The van der Waals surface area contributed by atoms with Gasteiger partial charge in [-0.25, -0.2) is 0 Å². The molecule has 14 heavy (non-hydrogen) atoms. The molecule has 0 saturated carbocycles. The van der Waals surface area contributed by atoms with Crippen molar-refractivity contribution in [3.8, 4) is 0 Å². The predicted molar refractivity (Wildman–Crippen MR) is 47.6 cm³/mol. The Hall–Kier alpha value is -1.14. The zero-order valence-corrected chi connectivity index (χ0v) is 7.97. The van der Waals surface area contributed by atoms with Crippen LogP contribution in [-0.4, -0.2) is 54.7 Å². The number of hydrogen-bond donors (Lipinski definition) is 2. The maximum atomic E-state index is 11.5. The second kappa shape index (κ2) is 4.39. The summed E-state index contributed by atoms with van der Waals surface area (Å²) in [6.07, 6.45) is -0.648. The SMILES string of the molecule is COC(CN)C(=O)N1CC(C(=O)O)C1. The van der Waals surface area contributed by atoms with Gasteiger partial charge in [-0.3, -0.25) is 9.59 Å². The number of likely N-dealkylation sites (tertiary alicyclic amines) is 1. The first-order chi connectivity index (χ1) is 6.60. The quantitative estimate of drug-likeness (QED) is 0.579. The molecule has 1 saturated heterocycles. The van der Waals surface area contributed by atoms with Gasteiger partial charge in [-0.1, -0.05) is 0 Å². The van der Waals surface area contributed by atoms with Crippen LogP contribution in [0.1, 0.15) is 0 Å². The molecular formula is C8H14N2O4. The Kier molecular flexibility index (Phi) is 3.43. The van der Waals surface area contributed by atoms with E-state index in [0.717, 1.165) is 0 Å². The predicted octanol–water partition coefficient (Wildman–Crippen LogP) is -1.50. The minimum atomic E-state index is -0.865. The first-order valence-corrected chi connectivity index (χ1v) is 4.34. The van der Waals surface area contributed by atoms with Gasteiger partial charge in [0.1, 0.15) is 6.10 Å². The molecule has 1 aliphatic heterocycles. The molecule has 6 nitrogen and oxygen atoms in total. The topological polar surface area (TPSA) is 92.9 Å². The first kappa shape index (κ1) is 10.9. The van der Waals surface area contributed by atoms with Gasteiger partial charge < -0.3 is 20.5 Å². The molecule has 0 radical (unpaired) electrons. The van der Waals surface area contributed by atoms with Gasteiger partial charge in [-0.05, 0) is 0 Å². The largest absolute Gasteiger partial charge is 0.481 e. The Morgan fingerprint density at radius 2 is 2.21 bits per heavy atom. The van der Waals surface area contributed by atoms with Crippen LogP contribution in [-0.2, 0) is 14.3 Å². The molecule has 6 heteroatoms. The van der Waals surface area contributed by atoms with Crippen molar-refractivity contribution in [2.75, 3.05) is 26.7 Å². The molecule has 0 aromatic rings. The third kappa shape index (κ3) is 2.02. The average Bonchev–Trinajstić information content (AvgIpc) is 2.02. The van der Waals surface area contributed by atoms with Gasteiger partial charge in [0.2, 0.25) is 0 Å². The van der Waals surface area contributed by atoms with Gasteiger partial charge in [-0.15, -0.1) is 0 Å². The van der Waals surface area contributed by atoms with Crippen molar-refractivity contribution in [3.05, 3.63) is 0 Å². The van der Waals surface area contributed by atoms with Crippen molar-refractivity contribution in [2.45, 2.75) is 6.10 Å². The number of nitrogens with zero attached hydrogens (tertiary/aromatic N) is 1. The highest BCUT2D eigenvalue weighted by Crippen LogP contribution is 2.16. The number of hydrogen-bond acceptors (Lipinski definition) is 4. The van der Waals surface area contributed by atoms with E-state index in [9.17, 15) is 9.59 Å². The maximum Gasteiger partial charge on any atom is 0.310 e. The van der Waals surface area contributed by atoms with Crippen LogP contribution in [0, 0.1) is 5.92 Å². The van der Waals surface area contributed by atoms with Crippen LogP contribution >= 0.6 is 0 Å². The van der Waals surface area contributed by atoms with Gasteiger partial charge in [0, 0.05) is 26.7 Å². The zero-order valence-electron chi connectivity index (χ0n) is 7.97. The van der Waals surface area contributed by atoms with Crippen molar-refractivity contribution in [1.29, 1.82) is 0 Å². The molecule has 0 spiro atoms. The summed E-state index contributed by atoms with van der Waals surface area (Å²) in [7, 11) is 1.41. The highest BCUT2D eigenvalue weighted by molar-refractivity contribution is 5.84. The maximum absolute atomic E-state index is 11.5. The first-order valence-electron chi connectivity index (χ1n) is 4.34. The fourth-order valence-electron chi connectivity index (χ4n) is 1.32. The summed E-state index contributed by atoms with van der Waals surface area (Å²) in [5.74, 6) is -1.53. The minimum Gasteiger partial charge on any atom is -0.481 e. The van der Waals surface area contributed by atoms with Crippen LogP contribution < -0.4 is 5.73 Å². The minimum absolute atomic E-state index is 0.115. The fourth-order valence-corrected chi connectivity index (χ4v) is 1.32. The number of carboxylic acid groups (broad SMARTS) is 1. The van der Waals surface area contributed by atoms with Crippen molar-refractivity contribution in [2.24, 2.45) is 11.7 Å². The number of rotatable bonds is 4. The van der Waals surface area contributed by atoms with E-state index < -0.39 is 18.0 Å². The molecule has 0 aliphatic carbocycles. The van der Waals surface area contributed by atoms with Gasteiger partial charge >= 0.3 is 5.97 Å². The average molecular weight is 202 g/mol. The number of carboxylic acids is 1. The van der Waals surface area contributed by atoms with E-state index in [0.29, 0.717) is 0 Å². The Labute approximate surface area is 81.6 Å². The summed E-state index contributed by atoms with van der Waals surface area (Å²) in [5, 5.41) is 8.59. The lowest BCUT2D eigenvalue weighted by Crippen LogP contribution is -2.57. The lowest BCUT2D eigenvalue weighted by molar-refractivity contribution is -0.157. The van der Waals surface area contributed by atoms with E-state index in [1.807, 2.05) is 0 Å². The number of carbonyl (C=O) groups is 2. The Morgan fingerprint density at radius 3 is 2.57 bits per heavy atom. The second-order valence-corrected chi connectivity index (χ2v) is 3.24. The highest BCUT2D eigenvalue weighted by Gasteiger charge is 2.37. The molecule has 3 N–H and O–H groups in total. The molecule has 80 valence electrons. The van der Waals surface area contributed by atoms with Crippen LogP contribution in [0.3, 0.4) is 0 Å². The molecule has 0 bridgehead atoms. The van der Waals surface area contributed by atoms with Crippen LogP contribution in [0.25, 0.3) is 0 Å². The lowest BCUT2D eigenvalue weighted by atomic mass is 10.00. The van der Waals surface area contributed by atoms with E-state index in [2.05, 4.69) is 0 Å². The van der Waals surface area contributed by atoms with Crippen LogP contribution in [0.4, 0.5) is 0 Å². The third-order valence-corrected chi connectivity index (χ3v) is 2.32. The Morgan fingerprint density at radius 1 is 1.64 bits per heavy atom. The smallest absolute Gasteiger partial charge is 0.310 e. The number of nitrogens with two attached hydrogens (primary N) is 1. The van der Waals surface area contributed by atoms with Gasteiger partial charge in [-0.2, -0.15) is 0 Å².